The van der Waals surface area contributed by atoms with Crippen molar-refractivity contribution in [3.05, 3.63) is 64.4 Å². The molecule has 26 heavy (non-hydrogen) atoms. The van der Waals surface area contributed by atoms with Crippen LogP contribution in [0.4, 0.5) is 0 Å². The molecule has 1 aromatic rings. The molecule has 2 unspecified atom stereocenters. The zero-order valence-electron chi connectivity index (χ0n) is 16.4. The van der Waals surface area contributed by atoms with E-state index in [0.717, 1.165) is 11.7 Å². The normalized spacial score (nSPS) is 25.3. The Hall–Kier alpha value is -1.80. The number of aryl methyl sites for hydroxylation is 1. The smallest absolute Gasteiger partial charge is 0.122 e. The summed E-state index contributed by atoms with van der Waals surface area (Å²) in [5.41, 5.74) is 7.08. The number of fused-ring (bicyclic) bond motifs is 1. The average Bonchev–Trinajstić information content (AvgIpc) is 3.41. The molecule has 0 aromatic heterocycles. The van der Waals surface area contributed by atoms with Crippen LogP contribution in [-0.2, 0) is 4.74 Å². The molecule has 2 atom stereocenters. The van der Waals surface area contributed by atoms with Crippen molar-refractivity contribution >= 4 is 5.57 Å². The molecule has 0 bridgehead atoms. The van der Waals surface area contributed by atoms with E-state index in [0.29, 0.717) is 5.92 Å². The van der Waals surface area contributed by atoms with Crippen LogP contribution in [0.2, 0.25) is 0 Å². The highest BCUT2D eigenvalue weighted by Gasteiger charge is 2.39. The number of piperidine rings is 1. The van der Waals surface area contributed by atoms with Gasteiger partial charge in [0.1, 0.15) is 5.76 Å². The molecule has 0 radical (unpaired) electrons. The summed E-state index contributed by atoms with van der Waals surface area (Å²) in [6, 6.07) is 9.00. The minimum atomic E-state index is 0.712. The standard InChI is InChI=1S/C24H31NO/c1-4-10-25-11-8-18(9-12-25)24(19-7-5-6-17(2)13-19)22-15-20-14-21(20)16-23(22)26-3/h5-7,13,15-16,20-21H,4,8-12,14H2,1-3H3. The average molecular weight is 350 g/mol. The summed E-state index contributed by atoms with van der Waals surface area (Å²) < 4.78 is 5.83. The van der Waals surface area contributed by atoms with Gasteiger partial charge < -0.3 is 9.64 Å². The fourth-order valence-corrected chi connectivity index (χ4v) is 4.55. The van der Waals surface area contributed by atoms with Crippen LogP contribution in [0.3, 0.4) is 0 Å². The maximum Gasteiger partial charge on any atom is 0.122 e. The molecule has 0 N–H and O–H groups in total. The van der Waals surface area contributed by atoms with Crippen LogP contribution in [0.15, 0.2) is 53.3 Å². The SMILES string of the molecule is CCCN1CCC(=C(C2=CC3CC3C=C2OC)c2cccc(C)c2)CC1. The Labute approximate surface area is 158 Å². The lowest BCUT2D eigenvalue weighted by atomic mass is 9.85. The Morgan fingerprint density at radius 1 is 1.15 bits per heavy atom. The van der Waals surface area contributed by atoms with Gasteiger partial charge >= 0.3 is 0 Å². The summed E-state index contributed by atoms with van der Waals surface area (Å²) in [4.78, 5) is 2.61. The van der Waals surface area contributed by atoms with Crippen LogP contribution in [0.5, 0.6) is 0 Å². The van der Waals surface area contributed by atoms with Crippen LogP contribution in [-0.4, -0.2) is 31.6 Å². The van der Waals surface area contributed by atoms with Crippen molar-refractivity contribution < 1.29 is 4.74 Å². The number of hydrogen-bond acceptors (Lipinski definition) is 2. The summed E-state index contributed by atoms with van der Waals surface area (Å²) >= 11 is 0. The topological polar surface area (TPSA) is 12.5 Å². The largest absolute Gasteiger partial charge is 0.496 e. The van der Waals surface area contributed by atoms with E-state index in [1.165, 1.54) is 67.6 Å². The predicted octanol–water partition coefficient (Wildman–Crippen LogP) is 5.36. The zero-order valence-corrected chi connectivity index (χ0v) is 16.4. The van der Waals surface area contributed by atoms with Crippen molar-refractivity contribution in [2.24, 2.45) is 11.8 Å². The fraction of sp³-hybridized carbons (Fsp3) is 0.500. The number of benzene rings is 1. The van der Waals surface area contributed by atoms with Crippen molar-refractivity contribution in [1.82, 2.24) is 4.90 Å². The minimum Gasteiger partial charge on any atom is -0.496 e. The third-order valence-electron chi connectivity index (χ3n) is 6.05. The van der Waals surface area contributed by atoms with Gasteiger partial charge in [0.2, 0.25) is 0 Å². The van der Waals surface area contributed by atoms with Crippen molar-refractivity contribution in [1.29, 1.82) is 0 Å². The van der Waals surface area contributed by atoms with Gasteiger partial charge in [-0.25, -0.2) is 0 Å². The Bertz CT molecular complexity index is 760. The minimum absolute atomic E-state index is 0.712. The summed E-state index contributed by atoms with van der Waals surface area (Å²) in [5.74, 6) is 2.53. The van der Waals surface area contributed by atoms with Crippen LogP contribution in [0.25, 0.3) is 5.57 Å². The summed E-state index contributed by atoms with van der Waals surface area (Å²) in [6.45, 7) is 8.06. The maximum absolute atomic E-state index is 5.83. The molecule has 1 saturated heterocycles. The second kappa shape index (κ2) is 7.44. The fourth-order valence-electron chi connectivity index (χ4n) is 4.55. The summed E-state index contributed by atoms with van der Waals surface area (Å²) in [5, 5.41) is 0. The number of ether oxygens (including phenoxy) is 1. The van der Waals surface area contributed by atoms with E-state index in [4.69, 9.17) is 4.74 Å². The molecule has 3 aliphatic rings. The first kappa shape index (κ1) is 17.6. The molecule has 2 heteroatoms. The van der Waals surface area contributed by atoms with E-state index in [2.05, 4.69) is 55.2 Å². The molecule has 2 fully saturated rings. The molecule has 4 rings (SSSR count). The van der Waals surface area contributed by atoms with E-state index in [1.807, 2.05) is 7.11 Å². The van der Waals surface area contributed by atoms with Gasteiger partial charge in [-0.05, 0) is 68.2 Å². The summed E-state index contributed by atoms with van der Waals surface area (Å²) in [7, 11) is 1.82. The van der Waals surface area contributed by atoms with Gasteiger partial charge in [-0.3, -0.25) is 0 Å². The molecular weight excluding hydrogens is 318 g/mol. The molecule has 2 aliphatic carbocycles. The third kappa shape index (κ3) is 3.53. The highest BCUT2D eigenvalue weighted by molar-refractivity contribution is 5.86. The Balaban J connectivity index is 1.74. The third-order valence-corrected chi connectivity index (χ3v) is 6.05. The second-order valence-electron chi connectivity index (χ2n) is 8.07. The molecule has 1 heterocycles. The van der Waals surface area contributed by atoms with Gasteiger partial charge in [-0.2, -0.15) is 0 Å². The first-order chi connectivity index (χ1) is 12.7. The summed E-state index contributed by atoms with van der Waals surface area (Å²) in [6.07, 6.45) is 9.73. The zero-order chi connectivity index (χ0) is 18.1. The number of rotatable bonds is 5. The quantitative estimate of drug-likeness (QED) is 0.709. The van der Waals surface area contributed by atoms with Crippen molar-refractivity contribution in [2.75, 3.05) is 26.7 Å². The molecular formula is C24H31NO. The lowest BCUT2D eigenvalue weighted by Gasteiger charge is -2.31. The van der Waals surface area contributed by atoms with Gasteiger partial charge in [0.05, 0.1) is 7.11 Å². The van der Waals surface area contributed by atoms with Gasteiger partial charge in [-0.1, -0.05) is 48.4 Å². The number of hydrogen-bond donors (Lipinski definition) is 0. The predicted molar refractivity (Wildman–Crippen MR) is 109 cm³/mol. The molecule has 1 aromatic carbocycles. The van der Waals surface area contributed by atoms with Crippen LogP contribution in [0.1, 0.15) is 43.7 Å². The lowest BCUT2D eigenvalue weighted by Crippen LogP contribution is -2.31. The first-order valence-electron chi connectivity index (χ1n) is 10.2. The van der Waals surface area contributed by atoms with E-state index < -0.39 is 0 Å². The maximum atomic E-state index is 5.83. The molecule has 0 spiro atoms. The monoisotopic (exact) mass is 349 g/mol. The number of methoxy groups -OCH3 is 1. The second-order valence-corrected chi connectivity index (χ2v) is 8.07. The molecule has 138 valence electrons. The van der Waals surface area contributed by atoms with Crippen LogP contribution >= 0.6 is 0 Å². The van der Waals surface area contributed by atoms with E-state index in [1.54, 1.807) is 5.57 Å². The highest BCUT2D eigenvalue weighted by Crippen LogP contribution is 2.50. The first-order valence-corrected chi connectivity index (χ1v) is 10.2. The van der Waals surface area contributed by atoms with Gasteiger partial charge in [-0.15, -0.1) is 0 Å². The lowest BCUT2D eigenvalue weighted by molar-refractivity contribution is 0.257. The molecule has 1 saturated carbocycles. The Morgan fingerprint density at radius 2 is 1.92 bits per heavy atom. The highest BCUT2D eigenvalue weighted by atomic mass is 16.5. The van der Waals surface area contributed by atoms with Crippen molar-refractivity contribution in [3.63, 3.8) is 0 Å². The molecule has 0 amide bonds. The molecule has 2 nitrogen and oxygen atoms in total. The van der Waals surface area contributed by atoms with E-state index in [9.17, 15) is 0 Å². The van der Waals surface area contributed by atoms with Gasteiger partial charge in [0.15, 0.2) is 0 Å². The van der Waals surface area contributed by atoms with Gasteiger partial charge in [0, 0.05) is 18.7 Å². The molecule has 1 aliphatic heterocycles. The van der Waals surface area contributed by atoms with Crippen LogP contribution in [0, 0.1) is 18.8 Å². The van der Waals surface area contributed by atoms with Crippen molar-refractivity contribution in [3.8, 4) is 0 Å². The van der Waals surface area contributed by atoms with Gasteiger partial charge in [0.25, 0.3) is 0 Å². The van der Waals surface area contributed by atoms with E-state index in [-0.39, 0.29) is 0 Å². The Kier molecular flexibility index (Phi) is 5.04. The number of nitrogens with zero attached hydrogens (tertiary/aromatic N) is 1. The van der Waals surface area contributed by atoms with Crippen LogP contribution < -0.4 is 0 Å². The van der Waals surface area contributed by atoms with Crippen molar-refractivity contribution in [2.45, 2.75) is 39.5 Å². The number of allylic oxidation sites excluding steroid dienone is 3. The number of likely N-dealkylation sites (tertiary alicyclic amines) is 1. The van der Waals surface area contributed by atoms with E-state index >= 15 is 0 Å². The Morgan fingerprint density at radius 3 is 2.62 bits per heavy atom.